The molecule has 5 fully saturated rings. The number of nitrogens with zero attached hydrogens (tertiary/aromatic N) is 10. The summed E-state index contributed by atoms with van der Waals surface area (Å²) in [5, 5.41) is 22.8. The first-order chi connectivity index (χ1) is 40.5. The van der Waals surface area contributed by atoms with E-state index in [4.69, 9.17) is 19.7 Å². The van der Waals surface area contributed by atoms with Crippen LogP contribution in [0.5, 0.6) is 11.8 Å². The predicted molar refractivity (Wildman–Crippen MR) is 325 cm³/mol. The molecule has 3 aromatic carbocycles. The summed E-state index contributed by atoms with van der Waals surface area (Å²) < 4.78 is 23.5. The lowest BCUT2D eigenvalue weighted by molar-refractivity contribution is -0.142. The van der Waals surface area contributed by atoms with Crippen LogP contribution < -0.4 is 30.5 Å². The van der Waals surface area contributed by atoms with Crippen LogP contribution in [0, 0.1) is 30.0 Å². The third-order valence-corrected chi connectivity index (χ3v) is 19.0. The zero-order chi connectivity index (χ0) is 58.4. The molecule has 4 aromatic heterocycles. The van der Waals surface area contributed by atoms with Crippen molar-refractivity contribution in [1.29, 1.82) is 0 Å². The Hall–Kier alpha value is -7.42. The molecule has 5 aliphatic heterocycles. The van der Waals surface area contributed by atoms with E-state index in [1.54, 1.807) is 40.8 Å². The van der Waals surface area contributed by atoms with Gasteiger partial charge in [-0.25, -0.2) is 19.3 Å². The largest absolute Gasteiger partial charge is 0.508 e. The number of piperidine rings is 1. The Morgan fingerprint density at radius 2 is 1.64 bits per heavy atom. The van der Waals surface area contributed by atoms with Gasteiger partial charge in [0.2, 0.25) is 11.8 Å². The topological polar surface area (TPSA) is 207 Å². The van der Waals surface area contributed by atoms with Gasteiger partial charge in [0.15, 0.2) is 5.82 Å². The maximum Gasteiger partial charge on any atom is 0.319 e. The second-order valence-corrected chi connectivity index (χ2v) is 25.8. The summed E-state index contributed by atoms with van der Waals surface area (Å²) in [6.07, 6.45) is 12.2. The molecule has 0 radical (unpaired) electrons. The second kappa shape index (κ2) is 23.9. The number of aromatic nitrogens is 6. The minimum Gasteiger partial charge on any atom is -0.508 e. The first kappa shape index (κ1) is 57.0. The number of piperazine rings is 1. The summed E-state index contributed by atoms with van der Waals surface area (Å²) in [6.45, 7) is 18.3. The third kappa shape index (κ3) is 11.9. The highest BCUT2D eigenvalue weighted by Gasteiger charge is 2.43. The van der Waals surface area contributed by atoms with E-state index >= 15 is 4.39 Å². The molecule has 84 heavy (non-hydrogen) atoms. The van der Waals surface area contributed by atoms with Gasteiger partial charge in [0.25, 0.3) is 5.91 Å². The van der Waals surface area contributed by atoms with Crippen molar-refractivity contribution >= 4 is 62.4 Å². The number of carbonyl (C=O) groups excluding carboxylic acids is 3. The van der Waals surface area contributed by atoms with Gasteiger partial charge < -0.3 is 40.5 Å². The second-order valence-electron chi connectivity index (χ2n) is 24.9. The van der Waals surface area contributed by atoms with E-state index in [-0.39, 0.29) is 46.5 Å². The Balaban J connectivity index is 0.617. The van der Waals surface area contributed by atoms with Gasteiger partial charge in [-0.2, -0.15) is 9.97 Å². The normalized spacial score (nSPS) is 20.3. The maximum atomic E-state index is 17.1. The Labute approximate surface area is 494 Å². The smallest absolute Gasteiger partial charge is 0.319 e. The fraction of sp³-hybridized carbons (Fsp3) is 0.484. The van der Waals surface area contributed by atoms with E-state index in [2.05, 4.69) is 52.5 Å². The average molecular weight is 1160 g/mol. The van der Waals surface area contributed by atoms with Crippen molar-refractivity contribution in [2.24, 2.45) is 17.3 Å². The SMILES string of the molecule is CCc1cccc2cc(O)cc(-c3ncc4c(N5CC6CCC(C5)N6)nc(OCCN5CCC(CC6CN(c7cnc(C(=O)N[C@H](C(=O)N8CCC[C@H]8C(=O)N[C@@H](C)c8ccc(-c9scnc9C)cc8)C(C)(C)C)cn7)C6)CC5)nc4c3F)c12. The van der Waals surface area contributed by atoms with E-state index in [1.807, 2.05) is 82.6 Å². The summed E-state index contributed by atoms with van der Waals surface area (Å²) in [5.74, 6) is 0.953. The van der Waals surface area contributed by atoms with E-state index < -0.39 is 29.2 Å². The lowest BCUT2D eigenvalue weighted by atomic mass is 9.83. The minimum atomic E-state index is -0.901. The molecule has 9 heterocycles. The summed E-state index contributed by atoms with van der Waals surface area (Å²) >= 11 is 1.60. The van der Waals surface area contributed by atoms with Crippen molar-refractivity contribution < 1.29 is 28.6 Å². The van der Waals surface area contributed by atoms with Crippen molar-refractivity contribution in [3.05, 3.63) is 107 Å². The number of benzene rings is 3. The number of phenolic OH excluding ortho intramolecular Hbond substituents is 1. The number of rotatable bonds is 17. The van der Waals surface area contributed by atoms with Crippen LogP contribution in [0.15, 0.2) is 78.7 Å². The quantitative estimate of drug-likeness (QED) is 0.0671. The summed E-state index contributed by atoms with van der Waals surface area (Å²) in [5.41, 5.74) is 6.19. The van der Waals surface area contributed by atoms with Crippen molar-refractivity contribution in [1.82, 2.24) is 55.7 Å². The zero-order valence-corrected chi connectivity index (χ0v) is 49.7. The van der Waals surface area contributed by atoms with Crippen LogP contribution in [0.2, 0.25) is 0 Å². The standard InChI is InChI=1S/C64H76FN13O5S/c1-7-41-10-8-11-44-27-47(79)28-48(53(41)44)55-54(65)56-49(29-68-55)59(77-34-45-17-18-46(35-77)71-45)74-63(72-56)83-25-24-75-22-19-39(20-23-75)26-40-32-76(33-40)52-31-66-50(30-67-52)60(80)73-58(64(4,5)6)62(82)78-21-9-12-51(78)61(81)70-37(2)42-13-15-43(16-14-42)57-38(3)69-36-84-57/h8,10-11,13-16,27-31,36-37,39-40,45-46,51,58,71,79H,7,9,12,17-26,32-35H2,1-6H3,(H,70,81)(H,73,80)/t37-,45?,46?,51-,58+/m0/s1. The van der Waals surface area contributed by atoms with Crippen molar-refractivity contribution in [3.63, 3.8) is 0 Å². The monoisotopic (exact) mass is 1160 g/mol. The van der Waals surface area contributed by atoms with Gasteiger partial charge in [-0.05, 0) is 135 Å². The highest BCUT2D eigenvalue weighted by atomic mass is 32.1. The molecule has 12 rings (SSSR count). The van der Waals surface area contributed by atoms with Gasteiger partial charge in [-0.3, -0.25) is 24.3 Å². The Morgan fingerprint density at radius 1 is 0.869 bits per heavy atom. The molecule has 0 saturated carbocycles. The Kier molecular flexibility index (Phi) is 16.2. The van der Waals surface area contributed by atoms with Crippen molar-refractivity contribution in [3.8, 4) is 33.5 Å². The molecule has 5 saturated heterocycles. The van der Waals surface area contributed by atoms with Crippen LogP contribution in [0.25, 0.3) is 43.4 Å². The average Bonchev–Trinajstić information content (AvgIpc) is 2.21. The highest BCUT2D eigenvalue weighted by Crippen LogP contribution is 2.40. The molecule has 7 aromatic rings. The molecule has 2 bridgehead atoms. The van der Waals surface area contributed by atoms with Crippen LogP contribution in [0.4, 0.5) is 16.0 Å². The van der Waals surface area contributed by atoms with Gasteiger partial charge in [0, 0.05) is 63.1 Å². The molecule has 2 unspecified atom stereocenters. The lowest BCUT2D eigenvalue weighted by Gasteiger charge is -2.42. The summed E-state index contributed by atoms with van der Waals surface area (Å²) in [6, 6.07) is 16.3. The van der Waals surface area contributed by atoms with E-state index in [1.165, 1.54) is 6.20 Å². The van der Waals surface area contributed by atoms with Crippen molar-refractivity contribution in [2.45, 2.75) is 123 Å². The molecule has 18 nitrogen and oxygen atoms in total. The lowest BCUT2D eigenvalue weighted by Crippen LogP contribution is -2.57. The highest BCUT2D eigenvalue weighted by molar-refractivity contribution is 7.13. The molecule has 4 N–H and O–H groups in total. The van der Waals surface area contributed by atoms with E-state index in [9.17, 15) is 19.5 Å². The molecule has 5 atom stereocenters. The van der Waals surface area contributed by atoms with Gasteiger partial charge in [-0.1, -0.05) is 70.2 Å². The number of ether oxygens (including phenoxy) is 1. The number of pyridine rings is 1. The number of nitrogens with one attached hydrogen (secondary N) is 3. The number of likely N-dealkylation sites (tertiary alicyclic amines) is 2. The number of amides is 3. The third-order valence-electron chi connectivity index (χ3n) is 18.0. The number of carbonyl (C=O) groups is 3. The molecule has 0 aliphatic carbocycles. The van der Waals surface area contributed by atoms with Gasteiger partial charge >= 0.3 is 6.01 Å². The molecule has 0 spiro atoms. The molecular weight excluding hydrogens is 1080 g/mol. The van der Waals surface area contributed by atoms with Gasteiger partial charge in [0.1, 0.15) is 53.0 Å². The first-order valence-corrected chi connectivity index (χ1v) is 30.9. The molecule has 3 amide bonds. The number of fused-ring (bicyclic) bond motifs is 4. The van der Waals surface area contributed by atoms with Crippen LogP contribution in [0.3, 0.4) is 0 Å². The molecular formula is C64H76FN13O5S. The van der Waals surface area contributed by atoms with Crippen LogP contribution in [-0.4, -0.2) is 146 Å². The molecule has 5 aliphatic rings. The number of anilines is 2. The number of hydrogen-bond donors (Lipinski definition) is 4. The zero-order valence-electron chi connectivity index (χ0n) is 48.9. The fourth-order valence-corrected chi connectivity index (χ4v) is 14.2. The summed E-state index contributed by atoms with van der Waals surface area (Å²) in [7, 11) is 0. The van der Waals surface area contributed by atoms with Crippen molar-refractivity contribution in [2.75, 3.05) is 68.8 Å². The maximum absolute atomic E-state index is 17.1. The molecule has 440 valence electrons. The van der Waals surface area contributed by atoms with Crippen LogP contribution >= 0.6 is 11.3 Å². The van der Waals surface area contributed by atoms with Gasteiger partial charge in [0.05, 0.1) is 39.9 Å². The molecule has 20 heteroatoms. The number of aromatic hydroxyl groups is 1. The van der Waals surface area contributed by atoms with Gasteiger partial charge in [-0.15, -0.1) is 11.3 Å². The van der Waals surface area contributed by atoms with E-state index in [0.29, 0.717) is 79.0 Å². The number of halogens is 1. The number of phenols is 1. The summed E-state index contributed by atoms with van der Waals surface area (Å²) in [4.78, 5) is 79.4. The van der Waals surface area contributed by atoms with E-state index in [0.717, 1.165) is 116 Å². The van der Waals surface area contributed by atoms with Crippen LogP contribution in [0.1, 0.15) is 113 Å². The Bertz CT molecular complexity index is 3550. The van der Waals surface area contributed by atoms with Crippen LogP contribution in [-0.2, 0) is 16.0 Å². The number of thiazole rings is 1. The number of hydrogen-bond acceptors (Lipinski definition) is 16. The minimum absolute atomic E-state index is 0.0428. The Morgan fingerprint density at radius 3 is 2.35 bits per heavy atom. The number of aryl methyl sites for hydroxylation is 2. The first-order valence-electron chi connectivity index (χ1n) is 30.0. The predicted octanol–water partition coefficient (Wildman–Crippen LogP) is 9.04. The fourth-order valence-electron chi connectivity index (χ4n) is 13.4.